The number of fused-ring (bicyclic) bond motifs is 1. The van der Waals surface area contributed by atoms with E-state index in [0.717, 1.165) is 28.5 Å². The van der Waals surface area contributed by atoms with Gasteiger partial charge in [-0.3, -0.25) is 0 Å². The average Bonchev–Trinajstić information content (AvgIpc) is 2.98. The maximum atomic E-state index is 5.97. The molecule has 0 fully saturated rings. The molecule has 0 bridgehead atoms. The second kappa shape index (κ2) is 10.00. The van der Waals surface area contributed by atoms with E-state index in [0.29, 0.717) is 17.8 Å². The molecule has 2 rings (SSSR count). The van der Waals surface area contributed by atoms with Gasteiger partial charge in [-0.25, -0.2) is 9.97 Å². The number of rotatable bonds is 11. The minimum Gasteiger partial charge on any atom is -0.368 e. The Kier molecular flexibility index (Phi) is 8.00. The van der Waals surface area contributed by atoms with Crippen molar-refractivity contribution in [2.24, 2.45) is 11.8 Å². The van der Waals surface area contributed by atoms with E-state index in [-0.39, 0.29) is 0 Å². The molecule has 0 saturated heterocycles. The van der Waals surface area contributed by atoms with Crippen LogP contribution in [0.2, 0.25) is 0 Å². The highest BCUT2D eigenvalue weighted by Gasteiger charge is 2.15. The van der Waals surface area contributed by atoms with Crippen molar-refractivity contribution >= 4 is 28.9 Å². The number of nitrogen functional groups attached to an aromatic ring is 1. The summed E-state index contributed by atoms with van der Waals surface area (Å²) in [5.41, 5.74) is 7.74. The molecule has 0 aliphatic rings. The van der Waals surface area contributed by atoms with Crippen molar-refractivity contribution in [1.82, 2.24) is 19.5 Å². The number of anilines is 1. The molecule has 0 amide bonds. The lowest BCUT2D eigenvalue weighted by atomic mass is 10.0. The molecule has 25 heavy (non-hydrogen) atoms. The number of thioether (sulfide) groups is 1. The van der Waals surface area contributed by atoms with Crippen LogP contribution in [0.4, 0.5) is 5.95 Å². The van der Waals surface area contributed by atoms with E-state index < -0.39 is 0 Å². The van der Waals surface area contributed by atoms with Crippen molar-refractivity contribution < 1.29 is 0 Å². The number of nitrogens with zero attached hydrogens (tertiary/aromatic N) is 4. The van der Waals surface area contributed by atoms with Gasteiger partial charge in [0.05, 0.1) is 6.33 Å². The second-order valence-electron chi connectivity index (χ2n) is 7.26. The van der Waals surface area contributed by atoms with Gasteiger partial charge in [0.1, 0.15) is 10.5 Å². The lowest BCUT2D eigenvalue weighted by Crippen LogP contribution is -2.08. The third kappa shape index (κ3) is 5.87. The minimum absolute atomic E-state index is 0.346. The van der Waals surface area contributed by atoms with E-state index in [9.17, 15) is 0 Å². The van der Waals surface area contributed by atoms with Crippen molar-refractivity contribution in [3.05, 3.63) is 6.33 Å². The SMILES string of the molecule is CCCC[C@H](C)CSc1nc(N)nc2c1ncn2C[C@@H](C)CCCC. The largest absolute Gasteiger partial charge is 0.368 e. The molecule has 2 atom stereocenters. The number of hydrogen-bond acceptors (Lipinski definition) is 5. The number of aromatic nitrogens is 4. The molecule has 5 nitrogen and oxygen atoms in total. The molecular weight excluding hydrogens is 330 g/mol. The van der Waals surface area contributed by atoms with Gasteiger partial charge in [-0.2, -0.15) is 4.98 Å². The van der Waals surface area contributed by atoms with Crippen molar-refractivity contribution in [3.63, 3.8) is 0 Å². The minimum atomic E-state index is 0.346. The van der Waals surface area contributed by atoms with Crippen LogP contribution in [0.3, 0.4) is 0 Å². The van der Waals surface area contributed by atoms with Gasteiger partial charge in [0, 0.05) is 12.3 Å². The highest BCUT2D eigenvalue weighted by Crippen LogP contribution is 2.28. The first-order valence-corrected chi connectivity index (χ1v) is 10.6. The molecule has 0 radical (unpaired) electrons. The zero-order valence-electron chi connectivity index (χ0n) is 16.2. The van der Waals surface area contributed by atoms with Crippen LogP contribution in [0.15, 0.2) is 11.4 Å². The van der Waals surface area contributed by atoms with Crippen LogP contribution < -0.4 is 5.73 Å². The number of hydrogen-bond donors (Lipinski definition) is 1. The Morgan fingerprint density at radius 2 is 1.76 bits per heavy atom. The first-order valence-electron chi connectivity index (χ1n) is 9.66. The second-order valence-corrected chi connectivity index (χ2v) is 8.27. The Labute approximate surface area is 156 Å². The summed E-state index contributed by atoms with van der Waals surface area (Å²) in [4.78, 5) is 13.5. The van der Waals surface area contributed by atoms with E-state index in [4.69, 9.17) is 5.73 Å². The van der Waals surface area contributed by atoms with Crippen LogP contribution in [0.25, 0.3) is 11.2 Å². The average molecular weight is 364 g/mol. The lowest BCUT2D eigenvalue weighted by Gasteiger charge is -2.12. The first-order chi connectivity index (χ1) is 12.0. The monoisotopic (exact) mass is 363 g/mol. The summed E-state index contributed by atoms with van der Waals surface area (Å²) in [6.45, 7) is 10.0. The maximum Gasteiger partial charge on any atom is 0.223 e. The van der Waals surface area contributed by atoms with Crippen LogP contribution in [0, 0.1) is 11.8 Å². The van der Waals surface area contributed by atoms with E-state index in [2.05, 4.69) is 47.2 Å². The van der Waals surface area contributed by atoms with Crippen LogP contribution >= 0.6 is 11.8 Å². The maximum absolute atomic E-state index is 5.97. The molecule has 0 saturated carbocycles. The molecule has 2 aromatic rings. The molecule has 6 heteroatoms. The van der Waals surface area contributed by atoms with Gasteiger partial charge in [-0.15, -0.1) is 11.8 Å². The van der Waals surface area contributed by atoms with Gasteiger partial charge < -0.3 is 10.3 Å². The third-order valence-corrected chi connectivity index (χ3v) is 5.86. The van der Waals surface area contributed by atoms with E-state index in [1.165, 1.54) is 38.5 Å². The fourth-order valence-corrected chi connectivity index (χ4v) is 4.05. The molecule has 0 aliphatic carbocycles. The van der Waals surface area contributed by atoms with Crippen molar-refractivity contribution in [2.75, 3.05) is 11.5 Å². The molecule has 0 spiro atoms. The summed E-state index contributed by atoms with van der Waals surface area (Å²) >= 11 is 1.76. The van der Waals surface area contributed by atoms with Crippen molar-refractivity contribution in [2.45, 2.75) is 77.8 Å². The van der Waals surface area contributed by atoms with Gasteiger partial charge in [0.15, 0.2) is 5.65 Å². The number of unbranched alkanes of at least 4 members (excludes halogenated alkanes) is 2. The smallest absolute Gasteiger partial charge is 0.223 e. The Morgan fingerprint density at radius 1 is 1.08 bits per heavy atom. The lowest BCUT2D eigenvalue weighted by molar-refractivity contribution is 0.439. The number of imidazole rings is 1. The molecule has 2 aromatic heterocycles. The summed E-state index contributed by atoms with van der Waals surface area (Å²) < 4.78 is 2.14. The molecule has 2 N–H and O–H groups in total. The van der Waals surface area contributed by atoms with Crippen molar-refractivity contribution in [3.8, 4) is 0 Å². The van der Waals surface area contributed by atoms with Crippen molar-refractivity contribution in [1.29, 1.82) is 0 Å². The Morgan fingerprint density at radius 3 is 2.44 bits per heavy atom. The van der Waals surface area contributed by atoms with Gasteiger partial charge in [-0.05, 0) is 24.7 Å². The molecular formula is C19H33N5S. The van der Waals surface area contributed by atoms with Gasteiger partial charge in [0.2, 0.25) is 5.95 Å². The highest BCUT2D eigenvalue weighted by molar-refractivity contribution is 7.99. The van der Waals surface area contributed by atoms with Crippen LogP contribution in [-0.4, -0.2) is 25.3 Å². The molecule has 2 heterocycles. The molecule has 0 aliphatic heterocycles. The van der Waals surface area contributed by atoms with Crippen LogP contribution in [0.1, 0.15) is 66.2 Å². The van der Waals surface area contributed by atoms with Gasteiger partial charge in [0.25, 0.3) is 0 Å². The fraction of sp³-hybridized carbons (Fsp3) is 0.737. The summed E-state index contributed by atoms with van der Waals surface area (Å²) in [7, 11) is 0. The third-order valence-electron chi connectivity index (χ3n) is 4.56. The van der Waals surface area contributed by atoms with Crippen LogP contribution in [0.5, 0.6) is 0 Å². The normalized spacial score (nSPS) is 14.1. The van der Waals surface area contributed by atoms with E-state index in [1.807, 2.05) is 6.33 Å². The Balaban J connectivity index is 2.11. The standard InChI is InChI=1S/C19H33N5S/c1-5-7-9-14(3)11-24-13-21-16-17(24)22-19(20)23-18(16)25-12-15(4)10-8-6-2/h13-15H,5-12H2,1-4H3,(H2,20,22,23)/t14-,15-/m0/s1. The van der Waals surface area contributed by atoms with Crippen LogP contribution in [-0.2, 0) is 6.54 Å². The topological polar surface area (TPSA) is 69.6 Å². The first kappa shape index (κ1) is 20.0. The van der Waals surface area contributed by atoms with E-state index in [1.54, 1.807) is 11.8 Å². The molecule has 140 valence electrons. The zero-order valence-corrected chi connectivity index (χ0v) is 17.0. The van der Waals surface area contributed by atoms with E-state index >= 15 is 0 Å². The highest BCUT2D eigenvalue weighted by atomic mass is 32.2. The predicted octanol–water partition coefficient (Wildman–Crippen LogP) is 5.15. The number of nitrogens with two attached hydrogens (primary N) is 1. The summed E-state index contributed by atoms with van der Waals surface area (Å²) in [6, 6.07) is 0. The zero-order chi connectivity index (χ0) is 18.2. The fourth-order valence-electron chi connectivity index (χ4n) is 3.01. The summed E-state index contributed by atoms with van der Waals surface area (Å²) in [5.74, 6) is 2.68. The van der Waals surface area contributed by atoms with Gasteiger partial charge in [-0.1, -0.05) is 53.4 Å². The molecule has 0 unspecified atom stereocenters. The Bertz CT molecular complexity index is 655. The van der Waals surface area contributed by atoms with Gasteiger partial charge >= 0.3 is 0 Å². The Hall–Kier alpha value is -1.30. The summed E-state index contributed by atoms with van der Waals surface area (Å²) in [6.07, 6.45) is 9.42. The molecule has 0 aromatic carbocycles. The summed E-state index contributed by atoms with van der Waals surface area (Å²) in [5, 5.41) is 0.922. The predicted molar refractivity (Wildman–Crippen MR) is 108 cm³/mol. The quantitative estimate of drug-likeness (QED) is 0.441.